The molecule has 3 rings (SSSR count). The van der Waals surface area contributed by atoms with Crippen LogP contribution in [0.5, 0.6) is 0 Å². The number of nitrogens with zero attached hydrogens (tertiary/aromatic N) is 2. The van der Waals surface area contributed by atoms with Gasteiger partial charge in [-0.1, -0.05) is 5.16 Å². The molecule has 17 heavy (non-hydrogen) atoms. The van der Waals surface area contributed by atoms with Gasteiger partial charge >= 0.3 is 0 Å². The number of hydrogen-bond acceptors (Lipinski definition) is 5. The third kappa shape index (κ3) is 2.32. The summed E-state index contributed by atoms with van der Waals surface area (Å²) in [5.74, 6) is 1.26. The zero-order valence-electron chi connectivity index (χ0n) is 9.72. The Hall–Kier alpha value is -0.650. The fourth-order valence-electron chi connectivity index (χ4n) is 2.28. The minimum absolute atomic E-state index is 0. The van der Waals surface area contributed by atoms with E-state index in [4.69, 9.17) is 15.0 Å². The van der Waals surface area contributed by atoms with Crippen LogP contribution >= 0.6 is 12.4 Å². The Bertz CT molecular complexity index is 373. The van der Waals surface area contributed by atoms with Gasteiger partial charge in [0, 0.05) is 6.61 Å². The van der Waals surface area contributed by atoms with Gasteiger partial charge in [-0.05, 0) is 38.5 Å². The van der Waals surface area contributed by atoms with Crippen LogP contribution in [0, 0.1) is 0 Å². The molecule has 2 heterocycles. The van der Waals surface area contributed by atoms with Gasteiger partial charge in [-0.25, -0.2) is 0 Å². The predicted octanol–water partition coefficient (Wildman–Crippen LogP) is 2.07. The van der Waals surface area contributed by atoms with Crippen LogP contribution in [0.15, 0.2) is 4.52 Å². The lowest BCUT2D eigenvalue weighted by Crippen LogP contribution is -2.44. The van der Waals surface area contributed by atoms with E-state index in [0.29, 0.717) is 11.7 Å². The van der Waals surface area contributed by atoms with Gasteiger partial charge in [0.2, 0.25) is 0 Å². The highest BCUT2D eigenvalue weighted by atomic mass is 35.5. The first-order valence-corrected chi connectivity index (χ1v) is 6.02. The van der Waals surface area contributed by atoms with E-state index in [0.717, 1.165) is 45.1 Å². The molecular weight excluding hydrogens is 242 g/mol. The molecule has 1 aromatic rings. The highest BCUT2D eigenvalue weighted by Crippen LogP contribution is 2.38. The van der Waals surface area contributed by atoms with Crippen molar-refractivity contribution in [3.05, 3.63) is 11.7 Å². The Balaban J connectivity index is 0.00000108. The summed E-state index contributed by atoms with van der Waals surface area (Å²) >= 11 is 0. The van der Waals surface area contributed by atoms with Crippen molar-refractivity contribution in [2.45, 2.75) is 50.2 Å². The zero-order chi connectivity index (χ0) is 11.0. The number of nitrogens with two attached hydrogens (primary N) is 1. The van der Waals surface area contributed by atoms with Gasteiger partial charge < -0.3 is 15.0 Å². The molecule has 0 spiro atoms. The quantitative estimate of drug-likeness (QED) is 0.880. The molecule has 1 unspecified atom stereocenters. The van der Waals surface area contributed by atoms with Gasteiger partial charge in [0.05, 0.1) is 5.54 Å². The van der Waals surface area contributed by atoms with Gasteiger partial charge in [0.15, 0.2) is 5.82 Å². The molecule has 0 bridgehead atoms. The monoisotopic (exact) mass is 259 g/mol. The van der Waals surface area contributed by atoms with E-state index in [1.165, 1.54) is 0 Å². The number of rotatable bonds is 2. The van der Waals surface area contributed by atoms with E-state index in [-0.39, 0.29) is 24.0 Å². The molecule has 1 atom stereocenters. The lowest BCUT2D eigenvalue weighted by atomic mass is 9.77. The highest BCUT2D eigenvalue weighted by Gasteiger charge is 2.39. The van der Waals surface area contributed by atoms with Crippen LogP contribution in [-0.2, 0) is 10.3 Å². The summed E-state index contributed by atoms with van der Waals surface area (Å²) in [7, 11) is 0. The number of aromatic nitrogens is 2. The Morgan fingerprint density at radius 1 is 1.24 bits per heavy atom. The van der Waals surface area contributed by atoms with Crippen molar-refractivity contribution in [3.63, 3.8) is 0 Å². The summed E-state index contributed by atoms with van der Waals surface area (Å²) in [6.07, 6.45) is 6.31. The van der Waals surface area contributed by atoms with Crippen LogP contribution in [0.3, 0.4) is 0 Å². The lowest BCUT2D eigenvalue weighted by molar-refractivity contribution is -0.00459. The molecule has 96 valence electrons. The first kappa shape index (κ1) is 12.8. The Morgan fingerprint density at radius 3 is 2.65 bits per heavy atom. The zero-order valence-corrected chi connectivity index (χ0v) is 10.5. The lowest BCUT2D eigenvalue weighted by Gasteiger charge is -2.34. The molecular formula is C11H18ClN3O2. The Morgan fingerprint density at radius 2 is 2.06 bits per heavy atom. The fraction of sp³-hybridized carbons (Fsp3) is 0.818. The van der Waals surface area contributed by atoms with Gasteiger partial charge in [-0.2, -0.15) is 4.98 Å². The molecule has 1 aromatic heterocycles. The summed E-state index contributed by atoms with van der Waals surface area (Å²) in [6, 6.07) is 0. The minimum Gasteiger partial charge on any atom is -0.368 e. The van der Waals surface area contributed by atoms with E-state index in [2.05, 4.69) is 10.1 Å². The maximum absolute atomic E-state index is 6.14. The average molecular weight is 260 g/mol. The molecule has 1 aliphatic heterocycles. The molecule has 0 amide bonds. The Kier molecular flexibility index (Phi) is 3.70. The number of ether oxygens (including phenoxy) is 1. The molecule has 6 heteroatoms. The second-order valence-electron chi connectivity index (χ2n) is 4.82. The molecule has 5 nitrogen and oxygen atoms in total. The maximum Gasteiger partial charge on any atom is 0.255 e. The van der Waals surface area contributed by atoms with Crippen molar-refractivity contribution in [2.75, 3.05) is 6.61 Å². The first-order valence-electron chi connectivity index (χ1n) is 6.02. The third-order valence-electron chi connectivity index (χ3n) is 3.59. The normalized spacial score (nSPS) is 27.0. The summed E-state index contributed by atoms with van der Waals surface area (Å²) in [6.45, 7) is 0.788. The van der Waals surface area contributed by atoms with E-state index in [9.17, 15) is 0 Å². The van der Waals surface area contributed by atoms with E-state index in [1.54, 1.807) is 0 Å². The fourth-order valence-corrected chi connectivity index (χ4v) is 2.28. The Labute approximate surface area is 106 Å². The molecule has 0 radical (unpaired) electrons. The molecule has 2 fully saturated rings. The largest absolute Gasteiger partial charge is 0.368 e. The summed E-state index contributed by atoms with van der Waals surface area (Å²) < 4.78 is 10.9. The SMILES string of the molecule is Cl.NC1(c2noc(C3CCCCO3)n2)CCC1. The standard InChI is InChI=1S/C11H17N3O2.ClH/c12-11(5-3-6-11)10-13-9(16-14-10)8-4-1-2-7-15-8;/h8H,1-7,12H2;1H. The van der Waals surface area contributed by atoms with Crippen LogP contribution in [0.25, 0.3) is 0 Å². The van der Waals surface area contributed by atoms with E-state index < -0.39 is 0 Å². The number of halogens is 1. The third-order valence-corrected chi connectivity index (χ3v) is 3.59. The highest BCUT2D eigenvalue weighted by molar-refractivity contribution is 5.85. The summed E-state index contributed by atoms with van der Waals surface area (Å²) in [5.41, 5.74) is 5.80. The van der Waals surface area contributed by atoms with Crippen molar-refractivity contribution >= 4 is 12.4 Å². The second kappa shape index (κ2) is 4.92. The summed E-state index contributed by atoms with van der Waals surface area (Å²) in [4.78, 5) is 4.40. The molecule has 0 aromatic carbocycles. The van der Waals surface area contributed by atoms with Crippen molar-refractivity contribution in [1.29, 1.82) is 0 Å². The van der Waals surface area contributed by atoms with Crippen molar-refractivity contribution in [1.82, 2.24) is 10.1 Å². The molecule has 1 saturated carbocycles. The van der Waals surface area contributed by atoms with E-state index >= 15 is 0 Å². The van der Waals surface area contributed by atoms with Gasteiger partial charge in [0.25, 0.3) is 5.89 Å². The molecule has 1 aliphatic carbocycles. The second-order valence-corrected chi connectivity index (χ2v) is 4.82. The van der Waals surface area contributed by atoms with Gasteiger partial charge in [-0.3, -0.25) is 0 Å². The van der Waals surface area contributed by atoms with Crippen LogP contribution < -0.4 is 5.73 Å². The molecule has 2 aliphatic rings. The molecule has 2 N–H and O–H groups in total. The van der Waals surface area contributed by atoms with Crippen LogP contribution in [0.4, 0.5) is 0 Å². The van der Waals surface area contributed by atoms with Crippen LogP contribution in [-0.4, -0.2) is 16.7 Å². The minimum atomic E-state index is -0.337. The smallest absolute Gasteiger partial charge is 0.255 e. The topological polar surface area (TPSA) is 74.2 Å². The summed E-state index contributed by atoms with van der Waals surface area (Å²) in [5, 5.41) is 3.99. The van der Waals surface area contributed by atoms with Crippen LogP contribution in [0.1, 0.15) is 56.3 Å². The molecule has 1 saturated heterocycles. The van der Waals surface area contributed by atoms with Crippen LogP contribution in [0.2, 0.25) is 0 Å². The van der Waals surface area contributed by atoms with Crippen molar-refractivity contribution in [3.8, 4) is 0 Å². The van der Waals surface area contributed by atoms with Gasteiger partial charge in [0.1, 0.15) is 6.10 Å². The van der Waals surface area contributed by atoms with E-state index in [1.807, 2.05) is 0 Å². The average Bonchev–Trinajstić information content (AvgIpc) is 2.77. The number of hydrogen-bond donors (Lipinski definition) is 1. The van der Waals surface area contributed by atoms with Gasteiger partial charge in [-0.15, -0.1) is 12.4 Å². The van der Waals surface area contributed by atoms with Crippen molar-refractivity contribution in [2.24, 2.45) is 5.73 Å². The predicted molar refractivity (Wildman–Crippen MR) is 63.8 cm³/mol. The maximum atomic E-state index is 6.14. The first-order chi connectivity index (χ1) is 7.78. The van der Waals surface area contributed by atoms with Crippen molar-refractivity contribution < 1.29 is 9.26 Å².